The van der Waals surface area contributed by atoms with Gasteiger partial charge < -0.3 is 5.32 Å². The van der Waals surface area contributed by atoms with Crippen LogP contribution in [-0.4, -0.2) is 21.8 Å². The molecule has 1 heterocycles. The molecular weight excluding hydrogens is 174 g/mol. The molecule has 0 unspecified atom stereocenters. The Labute approximate surface area is 73.3 Å². The van der Waals surface area contributed by atoms with Crippen LogP contribution < -0.4 is 16.6 Å². The van der Waals surface area contributed by atoms with Crippen LogP contribution in [0.25, 0.3) is 0 Å². The lowest BCUT2D eigenvalue weighted by atomic mass is 10.5. The molecule has 0 saturated heterocycles. The predicted molar refractivity (Wildman–Crippen MR) is 43.0 cm³/mol. The molecule has 0 aliphatic heterocycles. The number of aromatic nitrogens is 2. The second-order valence-corrected chi connectivity index (χ2v) is 2.02. The van der Waals surface area contributed by atoms with Gasteiger partial charge in [-0.2, -0.15) is 0 Å². The van der Waals surface area contributed by atoms with E-state index in [1.54, 1.807) is 5.43 Å². The highest BCUT2D eigenvalue weighted by atomic mass is 16.2. The van der Waals surface area contributed by atoms with Crippen LogP contribution in [0.2, 0.25) is 0 Å². The lowest BCUT2D eigenvalue weighted by Crippen LogP contribution is -2.39. The first-order valence-corrected chi connectivity index (χ1v) is 3.32. The van der Waals surface area contributed by atoms with Crippen molar-refractivity contribution < 1.29 is 9.59 Å². The largest absolute Gasteiger partial charge is 0.323 e. The summed E-state index contributed by atoms with van der Waals surface area (Å²) in [5.41, 5.74) is 1.69. The minimum Gasteiger partial charge on any atom is -0.301 e. The van der Waals surface area contributed by atoms with Gasteiger partial charge in [-0.3, -0.25) is 20.0 Å². The van der Waals surface area contributed by atoms with E-state index < -0.39 is 11.8 Å². The van der Waals surface area contributed by atoms with E-state index in [1.165, 1.54) is 18.6 Å². The number of nitrogens with one attached hydrogen (secondary N) is 2. The summed E-state index contributed by atoms with van der Waals surface area (Å²) in [5, 5.41) is 2.19. The number of rotatable bonds is 1. The number of carbonyl (C=O) groups is 2. The van der Waals surface area contributed by atoms with Crippen LogP contribution in [0.1, 0.15) is 0 Å². The topological polar surface area (TPSA) is 110 Å². The van der Waals surface area contributed by atoms with Crippen molar-refractivity contribution in [3.8, 4) is 0 Å². The zero-order valence-electron chi connectivity index (χ0n) is 6.52. The van der Waals surface area contributed by atoms with E-state index in [0.29, 0.717) is 0 Å². The van der Waals surface area contributed by atoms with Gasteiger partial charge >= 0.3 is 11.8 Å². The number of hydrogen-bond donors (Lipinski definition) is 3. The minimum atomic E-state index is -0.939. The number of carbonyl (C=O) groups excluding carboxylic acids is 2. The summed E-state index contributed by atoms with van der Waals surface area (Å²) in [5.74, 6) is 3.10. The van der Waals surface area contributed by atoms with E-state index in [9.17, 15) is 9.59 Å². The summed E-state index contributed by atoms with van der Waals surface area (Å²) in [7, 11) is 0. The molecule has 0 aliphatic carbocycles. The van der Waals surface area contributed by atoms with Gasteiger partial charge in [-0.05, 0) is 0 Å². The molecule has 4 N–H and O–H groups in total. The van der Waals surface area contributed by atoms with Gasteiger partial charge in [0, 0.05) is 12.4 Å². The molecule has 1 aromatic rings. The average Bonchev–Trinajstić information content (AvgIpc) is 2.18. The first kappa shape index (κ1) is 9.07. The molecule has 0 radical (unpaired) electrons. The molecule has 7 nitrogen and oxygen atoms in total. The second kappa shape index (κ2) is 4.12. The first-order chi connectivity index (χ1) is 6.24. The summed E-state index contributed by atoms with van der Waals surface area (Å²) in [6.07, 6.45) is 4.14. The normalized spacial score (nSPS) is 9.00. The van der Waals surface area contributed by atoms with Gasteiger partial charge in [0.05, 0.1) is 6.20 Å². The average molecular weight is 181 g/mol. The summed E-state index contributed by atoms with van der Waals surface area (Å²) in [6, 6.07) is 0. The molecule has 1 rings (SSSR count). The predicted octanol–water partition coefficient (Wildman–Crippen LogP) is -1.60. The summed E-state index contributed by atoms with van der Waals surface area (Å²) in [4.78, 5) is 28.9. The van der Waals surface area contributed by atoms with Crippen LogP contribution in [-0.2, 0) is 9.59 Å². The molecule has 0 bridgehead atoms. The van der Waals surface area contributed by atoms with E-state index in [1.807, 2.05) is 0 Å². The Morgan fingerprint density at radius 2 is 2.08 bits per heavy atom. The molecule has 13 heavy (non-hydrogen) atoms. The number of nitrogens with two attached hydrogens (primary N) is 1. The van der Waals surface area contributed by atoms with E-state index in [-0.39, 0.29) is 5.82 Å². The number of nitrogens with zero attached hydrogens (tertiary/aromatic N) is 2. The number of hydrazine groups is 1. The van der Waals surface area contributed by atoms with Crippen LogP contribution >= 0.6 is 0 Å². The molecule has 2 amide bonds. The Hall–Kier alpha value is -2.02. The van der Waals surface area contributed by atoms with E-state index in [4.69, 9.17) is 5.84 Å². The molecular formula is C6H7N5O2. The fraction of sp³-hybridized carbons (Fsp3) is 0. The third kappa shape index (κ3) is 2.49. The number of hydrogen-bond acceptors (Lipinski definition) is 5. The highest BCUT2D eigenvalue weighted by Gasteiger charge is 2.11. The SMILES string of the molecule is NNC(=O)C(=O)Nc1cnccn1. The Balaban J connectivity index is 2.60. The van der Waals surface area contributed by atoms with Crippen molar-refractivity contribution in [1.29, 1.82) is 0 Å². The van der Waals surface area contributed by atoms with Gasteiger partial charge in [0.15, 0.2) is 5.82 Å². The highest BCUT2D eigenvalue weighted by Crippen LogP contribution is 1.95. The van der Waals surface area contributed by atoms with Crippen molar-refractivity contribution in [2.75, 3.05) is 5.32 Å². The van der Waals surface area contributed by atoms with Crippen LogP contribution in [0.5, 0.6) is 0 Å². The zero-order chi connectivity index (χ0) is 9.68. The summed E-state index contributed by atoms with van der Waals surface area (Å²) >= 11 is 0. The van der Waals surface area contributed by atoms with Gasteiger partial charge in [-0.15, -0.1) is 0 Å². The van der Waals surface area contributed by atoms with E-state index in [0.717, 1.165) is 0 Å². The zero-order valence-corrected chi connectivity index (χ0v) is 6.52. The van der Waals surface area contributed by atoms with Crippen LogP contribution in [0.4, 0.5) is 5.82 Å². The quantitative estimate of drug-likeness (QED) is 0.209. The smallest absolute Gasteiger partial charge is 0.301 e. The Kier molecular flexibility index (Phi) is 2.87. The number of amides is 2. The minimum absolute atomic E-state index is 0.191. The molecule has 7 heteroatoms. The van der Waals surface area contributed by atoms with Gasteiger partial charge in [0.2, 0.25) is 0 Å². The molecule has 0 atom stereocenters. The van der Waals surface area contributed by atoms with Gasteiger partial charge in [-0.1, -0.05) is 0 Å². The third-order valence-electron chi connectivity index (χ3n) is 1.14. The van der Waals surface area contributed by atoms with Crippen molar-refractivity contribution in [3.05, 3.63) is 18.6 Å². The van der Waals surface area contributed by atoms with Crippen molar-refractivity contribution in [1.82, 2.24) is 15.4 Å². The van der Waals surface area contributed by atoms with Gasteiger partial charge in [0.1, 0.15) is 0 Å². The second-order valence-electron chi connectivity index (χ2n) is 2.02. The third-order valence-corrected chi connectivity index (χ3v) is 1.14. The Morgan fingerprint density at radius 1 is 1.31 bits per heavy atom. The molecule has 0 spiro atoms. The monoisotopic (exact) mass is 181 g/mol. The Morgan fingerprint density at radius 3 is 2.62 bits per heavy atom. The Bertz CT molecular complexity index is 312. The maximum Gasteiger partial charge on any atom is 0.323 e. The summed E-state index contributed by atoms with van der Waals surface area (Å²) < 4.78 is 0. The molecule has 0 aromatic carbocycles. The van der Waals surface area contributed by atoms with Gasteiger partial charge in [-0.25, -0.2) is 10.8 Å². The molecule has 0 saturated carbocycles. The lowest BCUT2D eigenvalue weighted by Gasteiger charge is -2.00. The molecule has 0 fully saturated rings. The van der Waals surface area contributed by atoms with E-state index in [2.05, 4.69) is 15.3 Å². The molecule has 1 aromatic heterocycles. The van der Waals surface area contributed by atoms with Crippen LogP contribution in [0, 0.1) is 0 Å². The number of anilines is 1. The van der Waals surface area contributed by atoms with E-state index >= 15 is 0 Å². The van der Waals surface area contributed by atoms with Crippen molar-refractivity contribution >= 4 is 17.6 Å². The maximum absolute atomic E-state index is 10.9. The lowest BCUT2D eigenvalue weighted by molar-refractivity contribution is -0.136. The van der Waals surface area contributed by atoms with Crippen molar-refractivity contribution in [3.63, 3.8) is 0 Å². The maximum atomic E-state index is 10.9. The van der Waals surface area contributed by atoms with Crippen molar-refractivity contribution in [2.24, 2.45) is 5.84 Å². The fourth-order valence-electron chi connectivity index (χ4n) is 0.602. The standard InChI is InChI=1S/C6H7N5O2/c7-11-6(13)5(12)10-4-3-8-1-2-9-4/h1-3H,7H2,(H,11,13)(H,9,10,12). The molecule has 0 aliphatic rings. The summed E-state index contributed by atoms with van der Waals surface area (Å²) in [6.45, 7) is 0. The fourth-order valence-corrected chi connectivity index (χ4v) is 0.602. The first-order valence-electron chi connectivity index (χ1n) is 3.32. The van der Waals surface area contributed by atoms with Crippen LogP contribution in [0.15, 0.2) is 18.6 Å². The highest BCUT2D eigenvalue weighted by molar-refractivity contribution is 6.39. The van der Waals surface area contributed by atoms with Gasteiger partial charge in [0.25, 0.3) is 0 Å². The van der Waals surface area contributed by atoms with Crippen LogP contribution in [0.3, 0.4) is 0 Å². The van der Waals surface area contributed by atoms with Crippen molar-refractivity contribution in [2.45, 2.75) is 0 Å². The molecule has 68 valence electrons.